The van der Waals surface area contributed by atoms with Crippen LogP contribution in [0, 0.1) is 0 Å². The standard InChI is InChI=1S/C31H30N2O3/c1-3-5-17-33(18-6-4-2)20-15-16-24-26(19-20)35-30-27(24)21-11-7-8-12-22(21)29-28(30)32-31(36-29)23-13-9-10-14-25(23)34/h7-16,19,34H,3-6,17-18H2,1-2H3. The number of fused-ring (bicyclic) bond motifs is 8. The minimum Gasteiger partial charge on any atom is -0.507 e. The number of nitrogens with zero attached hydrogens (tertiary/aromatic N) is 2. The first-order valence-electron chi connectivity index (χ1n) is 12.9. The lowest BCUT2D eigenvalue weighted by Gasteiger charge is -2.24. The van der Waals surface area contributed by atoms with Crippen molar-refractivity contribution in [2.24, 2.45) is 0 Å². The number of phenols is 1. The molecular formula is C31H30N2O3. The molecule has 0 unspecified atom stereocenters. The molecule has 0 aliphatic carbocycles. The molecule has 0 aliphatic rings. The van der Waals surface area contributed by atoms with Crippen LogP contribution in [-0.2, 0) is 0 Å². The Labute approximate surface area is 209 Å². The van der Waals surface area contributed by atoms with Crippen LogP contribution in [0.25, 0.3) is 55.3 Å². The summed E-state index contributed by atoms with van der Waals surface area (Å²) in [6.07, 6.45) is 4.68. The number of rotatable bonds is 8. The fraction of sp³-hybridized carbons (Fsp3) is 0.258. The molecule has 0 saturated heterocycles. The number of unbranched alkanes of at least 4 members (excludes halogenated alkanes) is 2. The van der Waals surface area contributed by atoms with E-state index in [1.165, 1.54) is 31.4 Å². The van der Waals surface area contributed by atoms with Gasteiger partial charge in [-0.15, -0.1) is 0 Å². The third-order valence-electron chi connectivity index (χ3n) is 7.02. The number of anilines is 1. The Morgan fingerprint density at radius 3 is 2.25 bits per heavy atom. The molecule has 5 heteroatoms. The third kappa shape index (κ3) is 3.67. The molecule has 0 bridgehead atoms. The quantitative estimate of drug-likeness (QED) is 0.237. The molecule has 0 spiro atoms. The van der Waals surface area contributed by atoms with Gasteiger partial charge < -0.3 is 18.8 Å². The summed E-state index contributed by atoms with van der Waals surface area (Å²) in [5, 5.41) is 14.6. The van der Waals surface area contributed by atoms with Crippen LogP contribution in [0.3, 0.4) is 0 Å². The number of benzene rings is 4. The van der Waals surface area contributed by atoms with Crippen LogP contribution in [0.15, 0.2) is 75.6 Å². The van der Waals surface area contributed by atoms with Crippen LogP contribution >= 0.6 is 0 Å². The predicted octanol–water partition coefficient (Wildman–Crippen LogP) is 8.66. The first kappa shape index (κ1) is 22.5. The van der Waals surface area contributed by atoms with E-state index in [4.69, 9.17) is 13.8 Å². The number of hydrogen-bond donors (Lipinski definition) is 1. The van der Waals surface area contributed by atoms with Crippen LogP contribution < -0.4 is 4.90 Å². The number of para-hydroxylation sites is 1. The normalized spacial score (nSPS) is 11.8. The Morgan fingerprint density at radius 2 is 1.50 bits per heavy atom. The molecule has 0 atom stereocenters. The predicted molar refractivity (Wildman–Crippen MR) is 148 cm³/mol. The van der Waals surface area contributed by atoms with Crippen molar-refractivity contribution in [3.05, 3.63) is 66.7 Å². The number of aromatic nitrogens is 1. The maximum Gasteiger partial charge on any atom is 0.231 e. The van der Waals surface area contributed by atoms with Gasteiger partial charge in [-0.3, -0.25) is 0 Å². The van der Waals surface area contributed by atoms with Crippen molar-refractivity contribution in [2.75, 3.05) is 18.0 Å². The Balaban J connectivity index is 1.59. The van der Waals surface area contributed by atoms with Crippen LogP contribution in [0.2, 0.25) is 0 Å². The van der Waals surface area contributed by atoms with Gasteiger partial charge in [-0.25, -0.2) is 4.98 Å². The maximum absolute atomic E-state index is 10.4. The van der Waals surface area contributed by atoms with E-state index in [2.05, 4.69) is 49.1 Å². The second-order valence-electron chi connectivity index (χ2n) is 9.44. The summed E-state index contributed by atoms with van der Waals surface area (Å²) < 4.78 is 12.8. The van der Waals surface area contributed by atoms with Crippen LogP contribution in [0.4, 0.5) is 5.69 Å². The summed E-state index contributed by atoms with van der Waals surface area (Å²) in [4.78, 5) is 7.30. The summed E-state index contributed by atoms with van der Waals surface area (Å²) in [5.41, 5.74) is 4.67. The van der Waals surface area contributed by atoms with Gasteiger partial charge in [-0.2, -0.15) is 0 Å². The molecule has 5 nitrogen and oxygen atoms in total. The SMILES string of the molecule is CCCCN(CCCC)c1ccc2c(c1)oc1c3nc(-c4ccccc4O)oc3c3ccccc3c21. The molecule has 182 valence electrons. The van der Waals surface area contributed by atoms with Crippen molar-refractivity contribution in [3.8, 4) is 17.2 Å². The molecule has 2 aromatic heterocycles. The Bertz CT molecular complexity index is 1690. The minimum absolute atomic E-state index is 0.137. The van der Waals surface area contributed by atoms with E-state index in [1.807, 2.05) is 24.3 Å². The van der Waals surface area contributed by atoms with Crippen LogP contribution in [0.1, 0.15) is 39.5 Å². The Morgan fingerprint density at radius 1 is 0.778 bits per heavy atom. The molecule has 2 heterocycles. The lowest BCUT2D eigenvalue weighted by atomic mass is 10.0. The van der Waals surface area contributed by atoms with Gasteiger partial charge in [0.25, 0.3) is 0 Å². The van der Waals surface area contributed by atoms with Gasteiger partial charge in [0.2, 0.25) is 5.89 Å². The second kappa shape index (κ2) is 9.23. The number of furan rings is 1. The first-order chi connectivity index (χ1) is 17.7. The molecule has 0 saturated carbocycles. The van der Waals surface area contributed by atoms with E-state index < -0.39 is 0 Å². The number of aromatic hydroxyl groups is 1. The maximum atomic E-state index is 10.4. The summed E-state index contributed by atoms with van der Waals surface area (Å²) in [7, 11) is 0. The molecule has 0 amide bonds. The summed E-state index contributed by atoms with van der Waals surface area (Å²) in [6.45, 7) is 6.56. The molecule has 0 fully saturated rings. The average Bonchev–Trinajstić information content (AvgIpc) is 3.51. The van der Waals surface area contributed by atoms with E-state index in [9.17, 15) is 5.11 Å². The highest BCUT2D eigenvalue weighted by molar-refractivity contribution is 6.28. The Hall–Kier alpha value is -3.99. The first-order valence-corrected chi connectivity index (χ1v) is 12.9. The number of oxazole rings is 1. The monoisotopic (exact) mass is 478 g/mol. The molecule has 0 radical (unpaired) electrons. The van der Waals surface area contributed by atoms with Crippen molar-refractivity contribution in [2.45, 2.75) is 39.5 Å². The highest BCUT2D eigenvalue weighted by atomic mass is 16.4. The molecule has 36 heavy (non-hydrogen) atoms. The molecule has 0 aliphatic heterocycles. The van der Waals surface area contributed by atoms with E-state index in [0.29, 0.717) is 22.6 Å². The summed E-state index contributed by atoms with van der Waals surface area (Å²) >= 11 is 0. The average molecular weight is 479 g/mol. The number of phenolic OH excluding ortho intramolecular Hbond substituents is 1. The molecule has 1 N–H and O–H groups in total. The molecule has 4 aromatic carbocycles. The number of hydrogen-bond acceptors (Lipinski definition) is 5. The highest BCUT2D eigenvalue weighted by Gasteiger charge is 2.22. The van der Waals surface area contributed by atoms with Crippen molar-refractivity contribution in [1.29, 1.82) is 0 Å². The van der Waals surface area contributed by atoms with Gasteiger partial charge in [0, 0.05) is 41.0 Å². The van der Waals surface area contributed by atoms with Crippen molar-refractivity contribution in [3.63, 3.8) is 0 Å². The second-order valence-corrected chi connectivity index (χ2v) is 9.44. The van der Waals surface area contributed by atoms with Gasteiger partial charge in [-0.1, -0.05) is 63.1 Å². The smallest absolute Gasteiger partial charge is 0.231 e. The highest BCUT2D eigenvalue weighted by Crippen LogP contribution is 2.43. The van der Waals surface area contributed by atoms with E-state index in [-0.39, 0.29) is 5.75 Å². The van der Waals surface area contributed by atoms with E-state index >= 15 is 0 Å². The topological polar surface area (TPSA) is 62.6 Å². The van der Waals surface area contributed by atoms with Crippen molar-refractivity contribution >= 4 is 49.5 Å². The minimum atomic E-state index is 0.137. The molecular weight excluding hydrogens is 448 g/mol. The zero-order valence-electron chi connectivity index (χ0n) is 20.8. The molecule has 6 rings (SSSR count). The van der Waals surface area contributed by atoms with Gasteiger partial charge in [0.05, 0.1) is 5.56 Å². The molecule has 6 aromatic rings. The fourth-order valence-corrected chi connectivity index (χ4v) is 5.11. The largest absolute Gasteiger partial charge is 0.507 e. The zero-order valence-corrected chi connectivity index (χ0v) is 20.8. The summed E-state index contributed by atoms with van der Waals surface area (Å²) in [6, 6.07) is 21.9. The van der Waals surface area contributed by atoms with E-state index in [0.717, 1.165) is 45.8 Å². The van der Waals surface area contributed by atoms with Gasteiger partial charge in [0.15, 0.2) is 16.7 Å². The van der Waals surface area contributed by atoms with Crippen LogP contribution in [0.5, 0.6) is 5.75 Å². The van der Waals surface area contributed by atoms with E-state index in [1.54, 1.807) is 12.1 Å². The zero-order chi connectivity index (χ0) is 24.6. The summed E-state index contributed by atoms with van der Waals surface area (Å²) in [5.74, 6) is 0.519. The van der Waals surface area contributed by atoms with Crippen LogP contribution in [-0.4, -0.2) is 23.2 Å². The lowest BCUT2D eigenvalue weighted by Crippen LogP contribution is -2.25. The van der Waals surface area contributed by atoms with Crippen molar-refractivity contribution < 1.29 is 13.9 Å². The van der Waals surface area contributed by atoms with Gasteiger partial charge in [0.1, 0.15) is 11.3 Å². The lowest BCUT2D eigenvalue weighted by molar-refractivity contribution is 0.474. The van der Waals surface area contributed by atoms with Gasteiger partial charge >= 0.3 is 0 Å². The van der Waals surface area contributed by atoms with Crippen molar-refractivity contribution in [1.82, 2.24) is 4.98 Å². The Kier molecular flexibility index (Phi) is 5.76. The van der Waals surface area contributed by atoms with Gasteiger partial charge in [-0.05, 0) is 42.5 Å². The fourth-order valence-electron chi connectivity index (χ4n) is 5.11. The third-order valence-corrected chi connectivity index (χ3v) is 7.02.